The van der Waals surface area contributed by atoms with Crippen molar-refractivity contribution in [3.63, 3.8) is 0 Å². The summed E-state index contributed by atoms with van der Waals surface area (Å²) < 4.78 is 5.33. The van der Waals surface area contributed by atoms with Crippen LogP contribution >= 0.6 is 0 Å². The third-order valence-corrected chi connectivity index (χ3v) is 1.62. The van der Waals surface area contributed by atoms with Crippen molar-refractivity contribution in [3.05, 3.63) is 29.3 Å². The first-order valence-electron chi connectivity index (χ1n) is 3.91. The molecular formula is C10H11NO. The molecule has 12 heavy (non-hydrogen) atoms. The topological polar surface area (TPSA) is 33.0 Å². The number of benzene rings is 1. The molecule has 0 heterocycles. The second-order valence-electron chi connectivity index (χ2n) is 2.53. The van der Waals surface area contributed by atoms with Gasteiger partial charge in [-0.3, -0.25) is 0 Å². The molecule has 0 aliphatic heterocycles. The van der Waals surface area contributed by atoms with E-state index in [1.807, 2.05) is 19.9 Å². The van der Waals surface area contributed by atoms with Crippen molar-refractivity contribution in [1.82, 2.24) is 0 Å². The molecule has 1 aromatic rings. The first-order chi connectivity index (χ1) is 5.77. The Morgan fingerprint density at radius 1 is 1.50 bits per heavy atom. The van der Waals surface area contributed by atoms with Crippen molar-refractivity contribution in [3.8, 4) is 11.8 Å². The van der Waals surface area contributed by atoms with Gasteiger partial charge in [0.2, 0.25) is 0 Å². The van der Waals surface area contributed by atoms with Gasteiger partial charge in [-0.15, -0.1) is 0 Å². The Morgan fingerprint density at radius 3 is 2.83 bits per heavy atom. The molecular weight excluding hydrogens is 150 g/mol. The van der Waals surface area contributed by atoms with E-state index in [1.54, 1.807) is 12.1 Å². The van der Waals surface area contributed by atoms with Crippen molar-refractivity contribution in [1.29, 1.82) is 5.26 Å². The van der Waals surface area contributed by atoms with E-state index in [0.29, 0.717) is 12.2 Å². The van der Waals surface area contributed by atoms with Crippen molar-refractivity contribution >= 4 is 0 Å². The van der Waals surface area contributed by atoms with Gasteiger partial charge in [0.15, 0.2) is 0 Å². The van der Waals surface area contributed by atoms with Crippen LogP contribution < -0.4 is 4.74 Å². The highest BCUT2D eigenvalue weighted by atomic mass is 16.5. The molecule has 0 aromatic heterocycles. The van der Waals surface area contributed by atoms with Crippen LogP contribution in [-0.4, -0.2) is 6.61 Å². The lowest BCUT2D eigenvalue weighted by molar-refractivity contribution is 0.338. The summed E-state index contributed by atoms with van der Waals surface area (Å²) in [4.78, 5) is 0. The number of hydrogen-bond donors (Lipinski definition) is 0. The monoisotopic (exact) mass is 161 g/mol. The Balaban J connectivity index is 3.01. The predicted octanol–water partition coefficient (Wildman–Crippen LogP) is 2.27. The Bertz CT molecular complexity index is 312. The van der Waals surface area contributed by atoms with E-state index >= 15 is 0 Å². The third kappa shape index (κ3) is 1.76. The minimum atomic E-state index is 0.635. The summed E-state index contributed by atoms with van der Waals surface area (Å²) in [5.41, 5.74) is 1.71. The van der Waals surface area contributed by atoms with E-state index in [1.165, 1.54) is 0 Å². The lowest BCUT2D eigenvalue weighted by Gasteiger charge is -2.05. The summed E-state index contributed by atoms with van der Waals surface area (Å²) in [5.74, 6) is 0.802. The third-order valence-electron chi connectivity index (χ3n) is 1.62. The SMILES string of the molecule is CCOc1cc(C#N)ccc1C. The lowest BCUT2D eigenvalue weighted by atomic mass is 10.1. The van der Waals surface area contributed by atoms with E-state index in [9.17, 15) is 0 Å². The Morgan fingerprint density at radius 2 is 2.25 bits per heavy atom. The van der Waals surface area contributed by atoms with Gasteiger partial charge < -0.3 is 4.74 Å². The summed E-state index contributed by atoms with van der Waals surface area (Å²) in [6.45, 7) is 4.53. The summed E-state index contributed by atoms with van der Waals surface area (Å²) in [5, 5.41) is 8.62. The molecule has 1 rings (SSSR count). The average molecular weight is 161 g/mol. The van der Waals surface area contributed by atoms with Crippen LogP contribution in [0, 0.1) is 18.3 Å². The molecule has 0 spiro atoms. The molecule has 0 amide bonds. The molecule has 0 saturated heterocycles. The molecule has 0 saturated carbocycles. The zero-order chi connectivity index (χ0) is 8.97. The molecule has 0 N–H and O–H groups in total. The fourth-order valence-electron chi connectivity index (χ4n) is 0.981. The minimum absolute atomic E-state index is 0.635. The van der Waals surface area contributed by atoms with E-state index in [4.69, 9.17) is 10.00 Å². The Hall–Kier alpha value is -1.49. The maximum atomic E-state index is 8.62. The first kappa shape index (κ1) is 8.61. The van der Waals surface area contributed by atoms with E-state index < -0.39 is 0 Å². The van der Waals surface area contributed by atoms with Crippen LogP contribution in [0.25, 0.3) is 0 Å². The molecule has 0 aliphatic carbocycles. The normalized spacial score (nSPS) is 9.08. The van der Waals surface area contributed by atoms with E-state index in [-0.39, 0.29) is 0 Å². The van der Waals surface area contributed by atoms with Crippen molar-refractivity contribution in [2.45, 2.75) is 13.8 Å². The van der Waals surface area contributed by atoms with Gasteiger partial charge in [0.25, 0.3) is 0 Å². The number of rotatable bonds is 2. The highest BCUT2D eigenvalue weighted by Gasteiger charge is 1.99. The number of aryl methyl sites for hydroxylation is 1. The highest BCUT2D eigenvalue weighted by molar-refractivity contribution is 5.41. The first-order valence-corrected chi connectivity index (χ1v) is 3.91. The van der Waals surface area contributed by atoms with E-state index in [0.717, 1.165) is 11.3 Å². The summed E-state index contributed by atoms with van der Waals surface area (Å²) in [6, 6.07) is 7.52. The van der Waals surface area contributed by atoms with Crippen LogP contribution in [0.15, 0.2) is 18.2 Å². The molecule has 1 aromatic carbocycles. The molecule has 62 valence electrons. The van der Waals surface area contributed by atoms with Gasteiger partial charge in [-0.1, -0.05) is 6.07 Å². The number of hydrogen-bond acceptors (Lipinski definition) is 2. The van der Waals surface area contributed by atoms with Crippen molar-refractivity contribution in [2.24, 2.45) is 0 Å². The van der Waals surface area contributed by atoms with Gasteiger partial charge in [0, 0.05) is 0 Å². The summed E-state index contributed by atoms with van der Waals surface area (Å²) in [6.07, 6.45) is 0. The van der Waals surface area contributed by atoms with Gasteiger partial charge in [-0.25, -0.2) is 0 Å². The molecule has 0 bridgehead atoms. The zero-order valence-corrected chi connectivity index (χ0v) is 7.29. The fraction of sp³-hybridized carbons (Fsp3) is 0.300. The van der Waals surface area contributed by atoms with Crippen LogP contribution in [0.1, 0.15) is 18.1 Å². The lowest BCUT2D eigenvalue weighted by Crippen LogP contribution is -1.94. The number of ether oxygens (including phenoxy) is 1. The van der Waals surface area contributed by atoms with Crippen LogP contribution in [0.4, 0.5) is 0 Å². The second-order valence-corrected chi connectivity index (χ2v) is 2.53. The standard InChI is InChI=1S/C10H11NO/c1-3-12-10-6-9(7-11)5-4-8(10)2/h4-6H,3H2,1-2H3. The average Bonchev–Trinajstić information content (AvgIpc) is 2.09. The van der Waals surface area contributed by atoms with E-state index in [2.05, 4.69) is 6.07 Å². The summed E-state index contributed by atoms with van der Waals surface area (Å²) in [7, 11) is 0. The maximum absolute atomic E-state index is 8.62. The fourth-order valence-corrected chi connectivity index (χ4v) is 0.981. The van der Waals surface area contributed by atoms with Crippen molar-refractivity contribution in [2.75, 3.05) is 6.61 Å². The molecule has 0 fully saturated rings. The quantitative estimate of drug-likeness (QED) is 0.666. The van der Waals surface area contributed by atoms with Gasteiger partial charge in [0.05, 0.1) is 18.2 Å². The molecule has 0 aliphatic rings. The molecule has 0 unspecified atom stereocenters. The van der Waals surface area contributed by atoms with Gasteiger partial charge in [-0.05, 0) is 31.5 Å². The van der Waals surface area contributed by atoms with Crippen LogP contribution in [0.2, 0.25) is 0 Å². The molecule has 0 atom stereocenters. The predicted molar refractivity (Wildman–Crippen MR) is 47.1 cm³/mol. The summed E-state index contributed by atoms with van der Waals surface area (Å²) >= 11 is 0. The van der Waals surface area contributed by atoms with Crippen LogP contribution in [-0.2, 0) is 0 Å². The van der Waals surface area contributed by atoms with Crippen molar-refractivity contribution < 1.29 is 4.74 Å². The largest absolute Gasteiger partial charge is 0.494 e. The molecule has 0 radical (unpaired) electrons. The highest BCUT2D eigenvalue weighted by Crippen LogP contribution is 2.18. The maximum Gasteiger partial charge on any atom is 0.123 e. The van der Waals surface area contributed by atoms with Crippen LogP contribution in [0.5, 0.6) is 5.75 Å². The van der Waals surface area contributed by atoms with Gasteiger partial charge >= 0.3 is 0 Å². The van der Waals surface area contributed by atoms with Gasteiger partial charge in [-0.2, -0.15) is 5.26 Å². The molecule has 2 heteroatoms. The Labute approximate surface area is 72.4 Å². The van der Waals surface area contributed by atoms with Crippen LogP contribution in [0.3, 0.4) is 0 Å². The Kier molecular flexibility index (Phi) is 2.71. The zero-order valence-electron chi connectivity index (χ0n) is 7.29. The van der Waals surface area contributed by atoms with Gasteiger partial charge in [0.1, 0.15) is 5.75 Å². The smallest absolute Gasteiger partial charge is 0.123 e. The number of nitriles is 1. The number of nitrogens with zero attached hydrogens (tertiary/aromatic N) is 1. The molecule has 2 nitrogen and oxygen atoms in total. The second kappa shape index (κ2) is 3.77. The minimum Gasteiger partial charge on any atom is -0.494 e.